The number of aliphatic hydroxyl groups is 1. The van der Waals surface area contributed by atoms with Gasteiger partial charge in [0.2, 0.25) is 5.91 Å². The number of amides is 1. The number of halogens is 2. The minimum atomic E-state index is -0.888. The average molecular weight is 389 g/mol. The summed E-state index contributed by atoms with van der Waals surface area (Å²) >= 11 is 0. The summed E-state index contributed by atoms with van der Waals surface area (Å²) in [6.45, 7) is 2.64. The zero-order valence-corrected chi connectivity index (χ0v) is 15.9. The fourth-order valence-electron chi connectivity index (χ4n) is 3.60. The normalized spacial score (nSPS) is 17.1. The van der Waals surface area contributed by atoms with Crippen LogP contribution < -0.4 is 5.32 Å². The molecule has 2 aromatic rings. The highest BCUT2D eigenvalue weighted by Gasteiger charge is 2.40. The zero-order valence-electron chi connectivity index (χ0n) is 15.9. The van der Waals surface area contributed by atoms with Gasteiger partial charge in [-0.15, -0.1) is 0 Å². The third-order valence-electron chi connectivity index (χ3n) is 5.31. The molecule has 6 heteroatoms. The van der Waals surface area contributed by atoms with Gasteiger partial charge in [-0.25, -0.2) is 8.78 Å². The van der Waals surface area contributed by atoms with E-state index < -0.39 is 17.0 Å². The van der Waals surface area contributed by atoms with Crippen molar-refractivity contribution in [3.63, 3.8) is 0 Å². The Kier molecular flexibility index (Phi) is 6.42. The van der Waals surface area contributed by atoms with Crippen molar-refractivity contribution in [1.29, 1.82) is 0 Å². The van der Waals surface area contributed by atoms with Crippen LogP contribution in [0.2, 0.25) is 0 Å². The Morgan fingerprint density at radius 2 is 1.86 bits per heavy atom. The summed E-state index contributed by atoms with van der Waals surface area (Å²) in [5.41, 5.74) is 1.67. The summed E-state index contributed by atoms with van der Waals surface area (Å²) in [7, 11) is 0. The summed E-state index contributed by atoms with van der Waals surface area (Å²) in [5.74, 6) is -1.85. The van der Waals surface area contributed by atoms with Crippen LogP contribution in [0.1, 0.15) is 25.3 Å². The molecule has 0 saturated carbocycles. The molecule has 0 aliphatic carbocycles. The first-order valence-electron chi connectivity index (χ1n) is 9.47. The van der Waals surface area contributed by atoms with Crippen LogP contribution in [0, 0.1) is 17.0 Å². The van der Waals surface area contributed by atoms with Crippen LogP contribution in [0.4, 0.5) is 8.78 Å². The maximum Gasteiger partial charge on any atom is 0.227 e. The molecule has 1 heterocycles. The van der Waals surface area contributed by atoms with Gasteiger partial charge in [0.25, 0.3) is 0 Å². The van der Waals surface area contributed by atoms with Crippen LogP contribution in [0.3, 0.4) is 0 Å². The van der Waals surface area contributed by atoms with Crippen molar-refractivity contribution in [2.75, 3.05) is 19.8 Å². The standard InChI is InChI=1S/C22H25F2NO3/c1-15(14-26)25-21(27)22(7-9-28-10-8-22)13-16-3-2-4-17(11-16)18-5-6-19(23)20(24)12-18/h2-6,11-12,15,26H,7-10,13-14H2,1H3,(H,25,27). The molecule has 1 saturated heterocycles. The lowest BCUT2D eigenvalue weighted by Crippen LogP contribution is -2.49. The summed E-state index contributed by atoms with van der Waals surface area (Å²) in [6, 6.07) is 11.0. The van der Waals surface area contributed by atoms with Crippen molar-refractivity contribution in [2.45, 2.75) is 32.2 Å². The summed E-state index contributed by atoms with van der Waals surface area (Å²) in [5, 5.41) is 12.1. The largest absolute Gasteiger partial charge is 0.394 e. The van der Waals surface area contributed by atoms with Crippen LogP contribution in [0.25, 0.3) is 11.1 Å². The molecule has 4 nitrogen and oxygen atoms in total. The second kappa shape index (κ2) is 8.80. The second-order valence-corrected chi connectivity index (χ2v) is 7.46. The second-order valence-electron chi connectivity index (χ2n) is 7.46. The molecule has 150 valence electrons. The number of benzene rings is 2. The predicted octanol–water partition coefficient (Wildman–Crippen LogP) is 3.47. The molecule has 3 rings (SSSR count). The van der Waals surface area contributed by atoms with Crippen LogP contribution in [-0.2, 0) is 16.0 Å². The van der Waals surface area contributed by atoms with Crippen LogP contribution in [-0.4, -0.2) is 36.9 Å². The van der Waals surface area contributed by atoms with E-state index in [1.54, 1.807) is 6.92 Å². The first-order chi connectivity index (χ1) is 13.4. The van der Waals surface area contributed by atoms with Crippen molar-refractivity contribution in [2.24, 2.45) is 5.41 Å². The van der Waals surface area contributed by atoms with Gasteiger partial charge in [0.1, 0.15) is 0 Å². The van der Waals surface area contributed by atoms with Gasteiger partial charge in [-0.1, -0.05) is 30.3 Å². The summed E-state index contributed by atoms with van der Waals surface area (Å²) in [4.78, 5) is 13.0. The number of carbonyl (C=O) groups is 1. The number of hydrogen-bond acceptors (Lipinski definition) is 3. The number of aliphatic hydroxyl groups excluding tert-OH is 1. The van der Waals surface area contributed by atoms with Crippen molar-refractivity contribution < 1.29 is 23.4 Å². The lowest BCUT2D eigenvalue weighted by molar-refractivity contribution is -0.137. The Morgan fingerprint density at radius 1 is 1.14 bits per heavy atom. The molecule has 0 bridgehead atoms. The van der Waals surface area contributed by atoms with Gasteiger partial charge >= 0.3 is 0 Å². The Balaban J connectivity index is 1.87. The molecule has 0 radical (unpaired) electrons. The molecule has 2 aromatic carbocycles. The van der Waals surface area contributed by atoms with E-state index in [1.165, 1.54) is 12.1 Å². The van der Waals surface area contributed by atoms with Gasteiger partial charge in [0, 0.05) is 19.3 Å². The smallest absolute Gasteiger partial charge is 0.227 e. The lowest BCUT2D eigenvalue weighted by Gasteiger charge is -2.36. The Bertz CT molecular complexity index is 834. The number of carbonyl (C=O) groups excluding carboxylic acids is 1. The predicted molar refractivity (Wildman–Crippen MR) is 103 cm³/mol. The van der Waals surface area contributed by atoms with E-state index in [0.717, 1.165) is 17.2 Å². The van der Waals surface area contributed by atoms with Crippen LogP contribution >= 0.6 is 0 Å². The van der Waals surface area contributed by atoms with E-state index in [9.17, 15) is 18.7 Å². The van der Waals surface area contributed by atoms with E-state index in [2.05, 4.69) is 5.32 Å². The monoisotopic (exact) mass is 389 g/mol. The maximum absolute atomic E-state index is 13.6. The summed E-state index contributed by atoms with van der Waals surface area (Å²) in [6.07, 6.45) is 1.69. The van der Waals surface area contributed by atoms with Gasteiger partial charge in [0.05, 0.1) is 12.0 Å². The molecule has 1 fully saturated rings. The maximum atomic E-state index is 13.6. The molecule has 0 spiro atoms. The molecule has 1 unspecified atom stereocenters. The Hall–Kier alpha value is -2.31. The third-order valence-corrected chi connectivity index (χ3v) is 5.31. The number of rotatable bonds is 6. The van der Waals surface area contributed by atoms with Crippen molar-refractivity contribution >= 4 is 5.91 Å². The topological polar surface area (TPSA) is 58.6 Å². The zero-order chi connectivity index (χ0) is 20.1. The highest BCUT2D eigenvalue weighted by atomic mass is 19.2. The van der Waals surface area contributed by atoms with E-state index in [-0.39, 0.29) is 18.6 Å². The lowest BCUT2D eigenvalue weighted by atomic mass is 9.74. The van der Waals surface area contributed by atoms with Crippen molar-refractivity contribution in [1.82, 2.24) is 5.32 Å². The SMILES string of the molecule is CC(CO)NC(=O)C1(Cc2cccc(-c3ccc(F)c(F)c3)c2)CCOCC1. The molecule has 1 atom stereocenters. The van der Waals surface area contributed by atoms with Gasteiger partial charge in [-0.3, -0.25) is 4.79 Å². The highest BCUT2D eigenvalue weighted by Crippen LogP contribution is 2.36. The van der Waals surface area contributed by atoms with E-state index in [4.69, 9.17) is 4.74 Å². The van der Waals surface area contributed by atoms with Crippen LogP contribution in [0.15, 0.2) is 42.5 Å². The first kappa shape index (κ1) is 20.4. The fraction of sp³-hybridized carbons (Fsp3) is 0.409. The van der Waals surface area contributed by atoms with Gasteiger partial charge in [0.15, 0.2) is 11.6 Å². The number of ether oxygens (including phenoxy) is 1. The first-order valence-corrected chi connectivity index (χ1v) is 9.47. The quantitative estimate of drug-likeness (QED) is 0.795. The van der Waals surface area contributed by atoms with Gasteiger partial charge in [-0.2, -0.15) is 0 Å². The molecule has 0 aromatic heterocycles. The molecule has 2 N–H and O–H groups in total. The number of nitrogens with one attached hydrogen (secondary N) is 1. The highest BCUT2D eigenvalue weighted by molar-refractivity contribution is 5.83. The third kappa shape index (κ3) is 4.56. The van der Waals surface area contributed by atoms with Gasteiger partial charge in [-0.05, 0) is 55.0 Å². The Labute approximate surface area is 163 Å². The van der Waals surface area contributed by atoms with Crippen molar-refractivity contribution in [3.8, 4) is 11.1 Å². The average Bonchev–Trinajstić information content (AvgIpc) is 2.70. The van der Waals surface area contributed by atoms with Crippen LogP contribution in [0.5, 0.6) is 0 Å². The number of hydrogen-bond donors (Lipinski definition) is 2. The van der Waals surface area contributed by atoms with E-state index in [0.29, 0.717) is 38.0 Å². The van der Waals surface area contributed by atoms with E-state index >= 15 is 0 Å². The van der Waals surface area contributed by atoms with Crippen molar-refractivity contribution in [3.05, 3.63) is 59.7 Å². The molecular weight excluding hydrogens is 364 g/mol. The minimum Gasteiger partial charge on any atom is -0.394 e. The molecule has 28 heavy (non-hydrogen) atoms. The fourth-order valence-corrected chi connectivity index (χ4v) is 3.60. The molecular formula is C22H25F2NO3. The molecule has 1 aliphatic heterocycles. The molecule has 1 amide bonds. The minimum absolute atomic E-state index is 0.0874. The summed E-state index contributed by atoms with van der Waals surface area (Å²) < 4.78 is 32.3. The molecule has 1 aliphatic rings. The van der Waals surface area contributed by atoms with E-state index in [1.807, 2.05) is 24.3 Å². The Morgan fingerprint density at radius 3 is 2.54 bits per heavy atom. The van der Waals surface area contributed by atoms with Gasteiger partial charge < -0.3 is 15.2 Å².